The Kier molecular flexibility index (Phi) is 6.88. The quantitative estimate of drug-likeness (QED) is 0.817. The van der Waals surface area contributed by atoms with Crippen LogP contribution in [-0.4, -0.2) is 37.8 Å². The van der Waals surface area contributed by atoms with Crippen LogP contribution in [0.5, 0.6) is 0 Å². The highest BCUT2D eigenvalue weighted by molar-refractivity contribution is 7.88. The lowest BCUT2D eigenvalue weighted by atomic mass is 9.97. The van der Waals surface area contributed by atoms with Crippen molar-refractivity contribution >= 4 is 27.5 Å². The molecule has 1 aromatic carbocycles. The second kappa shape index (κ2) is 8.52. The number of sulfonamides is 1. The first kappa shape index (κ1) is 20.2. The standard InChI is InChI=1S/C18H27ClN2O3S/c1-13(2)14(3)20-18(22)16-5-4-10-21(11-16)25(23,24)12-15-6-8-17(19)9-7-15/h6-9,13-14,16H,4-5,10-12H2,1-3H3,(H,20,22)/t14-,16+/m0/s1. The number of carbonyl (C=O) groups excluding carboxylic acids is 1. The number of hydrogen-bond acceptors (Lipinski definition) is 3. The molecule has 0 bridgehead atoms. The number of amides is 1. The van der Waals surface area contributed by atoms with E-state index < -0.39 is 10.0 Å². The number of rotatable bonds is 6. The summed E-state index contributed by atoms with van der Waals surface area (Å²) < 4.78 is 26.9. The Morgan fingerprint density at radius 2 is 1.92 bits per heavy atom. The van der Waals surface area contributed by atoms with Crippen molar-refractivity contribution in [3.63, 3.8) is 0 Å². The number of nitrogens with one attached hydrogen (secondary N) is 1. The van der Waals surface area contributed by atoms with E-state index in [4.69, 9.17) is 11.6 Å². The van der Waals surface area contributed by atoms with Crippen molar-refractivity contribution in [1.29, 1.82) is 0 Å². The molecule has 1 aliphatic rings. The van der Waals surface area contributed by atoms with Gasteiger partial charge < -0.3 is 5.32 Å². The summed E-state index contributed by atoms with van der Waals surface area (Å²) in [5.74, 6) is -0.0548. The highest BCUT2D eigenvalue weighted by atomic mass is 35.5. The zero-order chi connectivity index (χ0) is 18.6. The van der Waals surface area contributed by atoms with E-state index in [-0.39, 0.29) is 30.2 Å². The van der Waals surface area contributed by atoms with E-state index in [1.54, 1.807) is 24.3 Å². The van der Waals surface area contributed by atoms with Gasteiger partial charge in [-0.2, -0.15) is 0 Å². The van der Waals surface area contributed by atoms with Gasteiger partial charge in [-0.15, -0.1) is 0 Å². The molecule has 1 saturated heterocycles. The smallest absolute Gasteiger partial charge is 0.224 e. The Labute approximate surface area is 155 Å². The molecular weight excluding hydrogens is 360 g/mol. The van der Waals surface area contributed by atoms with Gasteiger partial charge in [-0.05, 0) is 43.4 Å². The summed E-state index contributed by atoms with van der Waals surface area (Å²) in [6.07, 6.45) is 1.43. The first-order valence-corrected chi connectivity index (χ1v) is 10.7. The Morgan fingerprint density at radius 3 is 2.52 bits per heavy atom. The van der Waals surface area contributed by atoms with Crippen LogP contribution in [-0.2, 0) is 20.6 Å². The number of piperidine rings is 1. The summed E-state index contributed by atoms with van der Waals surface area (Å²) in [4.78, 5) is 12.4. The molecule has 1 aliphatic heterocycles. The first-order chi connectivity index (χ1) is 11.7. The lowest BCUT2D eigenvalue weighted by Gasteiger charge is -2.32. The number of halogens is 1. The van der Waals surface area contributed by atoms with E-state index in [9.17, 15) is 13.2 Å². The van der Waals surface area contributed by atoms with Gasteiger partial charge in [0.2, 0.25) is 15.9 Å². The molecule has 2 rings (SSSR count). The minimum Gasteiger partial charge on any atom is -0.353 e. The van der Waals surface area contributed by atoms with Gasteiger partial charge in [-0.25, -0.2) is 12.7 Å². The fraction of sp³-hybridized carbons (Fsp3) is 0.611. The average molecular weight is 387 g/mol. The van der Waals surface area contributed by atoms with Crippen LogP contribution in [0.2, 0.25) is 5.02 Å². The Balaban J connectivity index is 2.01. The normalized spacial score (nSPS) is 20.4. The van der Waals surface area contributed by atoms with Crippen LogP contribution >= 0.6 is 11.6 Å². The Hall–Kier alpha value is -1.11. The molecule has 1 N–H and O–H groups in total. The predicted molar refractivity (Wildman–Crippen MR) is 101 cm³/mol. The van der Waals surface area contributed by atoms with Crippen molar-refractivity contribution in [2.45, 2.75) is 45.4 Å². The third-order valence-electron chi connectivity index (χ3n) is 4.78. The molecule has 140 valence electrons. The molecule has 7 heteroatoms. The van der Waals surface area contributed by atoms with Crippen molar-refractivity contribution in [1.82, 2.24) is 9.62 Å². The van der Waals surface area contributed by atoms with Crippen molar-refractivity contribution < 1.29 is 13.2 Å². The van der Waals surface area contributed by atoms with Crippen molar-refractivity contribution in [2.24, 2.45) is 11.8 Å². The molecule has 0 aliphatic carbocycles. The summed E-state index contributed by atoms with van der Waals surface area (Å²) in [6.45, 7) is 6.80. The SMILES string of the molecule is CC(C)[C@H](C)NC(=O)[C@@H]1CCCN(S(=O)(=O)Cc2ccc(Cl)cc2)C1. The maximum atomic E-state index is 12.7. The molecule has 0 spiro atoms. The molecule has 2 atom stereocenters. The summed E-state index contributed by atoms with van der Waals surface area (Å²) in [5, 5.41) is 3.58. The average Bonchev–Trinajstić information content (AvgIpc) is 2.56. The first-order valence-electron chi connectivity index (χ1n) is 8.71. The van der Waals surface area contributed by atoms with Crippen LogP contribution in [0.4, 0.5) is 0 Å². The van der Waals surface area contributed by atoms with Gasteiger partial charge in [0, 0.05) is 24.2 Å². The number of carbonyl (C=O) groups is 1. The van der Waals surface area contributed by atoms with E-state index in [0.717, 1.165) is 6.42 Å². The summed E-state index contributed by atoms with van der Waals surface area (Å²) in [6, 6.07) is 6.89. The molecule has 1 amide bonds. The third-order valence-corrected chi connectivity index (χ3v) is 6.85. The van der Waals surface area contributed by atoms with Gasteiger partial charge in [0.05, 0.1) is 11.7 Å². The van der Waals surface area contributed by atoms with Crippen LogP contribution in [0, 0.1) is 11.8 Å². The van der Waals surface area contributed by atoms with Gasteiger partial charge in [0.15, 0.2) is 0 Å². The third kappa shape index (κ3) is 5.69. The van der Waals surface area contributed by atoms with Crippen molar-refractivity contribution in [3.8, 4) is 0 Å². The van der Waals surface area contributed by atoms with Gasteiger partial charge >= 0.3 is 0 Å². The molecule has 0 radical (unpaired) electrons. The maximum absolute atomic E-state index is 12.7. The number of hydrogen-bond donors (Lipinski definition) is 1. The van der Waals surface area contributed by atoms with Crippen LogP contribution in [0.3, 0.4) is 0 Å². The van der Waals surface area contributed by atoms with Crippen molar-refractivity contribution in [2.75, 3.05) is 13.1 Å². The molecule has 1 fully saturated rings. The molecule has 0 saturated carbocycles. The van der Waals surface area contributed by atoms with E-state index in [1.807, 2.05) is 6.92 Å². The molecule has 25 heavy (non-hydrogen) atoms. The predicted octanol–water partition coefficient (Wildman–Crippen LogP) is 3.04. The maximum Gasteiger partial charge on any atom is 0.224 e. The zero-order valence-corrected chi connectivity index (χ0v) is 16.6. The fourth-order valence-corrected chi connectivity index (χ4v) is 4.54. The molecule has 0 unspecified atom stereocenters. The molecule has 1 heterocycles. The van der Waals surface area contributed by atoms with Crippen molar-refractivity contribution in [3.05, 3.63) is 34.9 Å². The summed E-state index contributed by atoms with van der Waals surface area (Å²) in [7, 11) is -3.45. The highest BCUT2D eigenvalue weighted by Crippen LogP contribution is 2.22. The van der Waals surface area contributed by atoms with E-state index >= 15 is 0 Å². The number of nitrogens with zero attached hydrogens (tertiary/aromatic N) is 1. The lowest BCUT2D eigenvalue weighted by molar-refractivity contribution is -0.127. The summed E-state index contributed by atoms with van der Waals surface area (Å²) in [5.41, 5.74) is 0.699. The molecular formula is C18H27ClN2O3S. The summed E-state index contributed by atoms with van der Waals surface area (Å²) >= 11 is 5.84. The minimum absolute atomic E-state index is 0.0485. The van der Waals surface area contributed by atoms with Gasteiger partial charge in [0.25, 0.3) is 0 Å². The highest BCUT2D eigenvalue weighted by Gasteiger charge is 2.32. The van der Waals surface area contributed by atoms with E-state index in [2.05, 4.69) is 19.2 Å². The Morgan fingerprint density at radius 1 is 1.28 bits per heavy atom. The Bertz CT molecular complexity index is 689. The van der Waals surface area contributed by atoms with E-state index in [0.29, 0.717) is 29.5 Å². The zero-order valence-electron chi connectivity index (χ0n) is 15.0. The fourth-order valence-electron chi connectivity index (χ4n) is 2.80. The minimum atomic E-state index is -3.45. The van der Waals surface area contributed by atoms with Crippen LogP contribution in [0.15, 0.2) is 24.3 Å². The lowest BCUT2D eigenvalue weighted by Crippen LogP contribution is -2.48. The monoisotopic (exact) mass is 386 g/mol. The van der Waals surface area contributed by atoms with Crippen LogP contribution in [0.1, 0.15) is 39.2 Å². The largest absolute Gasteiger partial charge is 0.353 e. The topological polar surface area (TPSA) is 66.5 Å². The van der Waals surface area contributed by atoms with Gasteiger partial charge in [-0.3, -0.25) is 4.79 Å². The van der Waals surface area contributed by atoms with Crippen LogP contribution in [0.25, 0.3) is 0 Å². The van der Waals surface area contributed by atoms with E-state index in [1.165, 1.54) is 4.31 Å². The second-order valence-electron chi connectivity index (χ2n) is 7.12. The van der Waals surface area contributed by atoms with Gasteiger partial charge in [-0.1, -0.05) is 37.6 Å². The molecule has 5 nitrogen and oxygen atoms in total. The molecule has 0 aromatic heterocycles. The molecule has 1 aromatic rings. The van der Waals surface area contributed by atoms with Gasteiger partial charge in [0.1, 0.15) is 0 Å². The van der Waals surface area contributed by atoms with Crippen LogP contribution < -0.4 is 5.32 Å². The number of benzene rings is 1. The second-order valence-corrected chi connectivity index (χ2v) is 9.53.